The molecular formula is C43H25. The molecule has 0 unspecified atom stereocenters. The summed E-state index contributed by atoms with van der Waals surface area (Å²) in [6, 6.07) is 53.9. The minimum atomic E-state index is 1.25. The van der Waals surface area contributed by atoms with Gasteiger partial charge < -0.3 is 0 Å². The zero-order chi connectivity index (χ0) is 28.1. The Labute approximate surface area is 249 Å². The smallest absolute Gasteiger partial charge is 0.0218 e. The molecule has 1 aliphatic rings. The van der Waals surface area contributed by atoms with E-state index in [1.807, 2.05) is 0 Å². The molecule has 9 aromatic carbocycles. The summed E-state index contributed by atoms with van der Waals surface area (Å²) in [7, 11) is 0. The molecule has 43 heavy (non-hydrogen) atoms. The maximum atomic E-state index is 2.34. The molecule has 0 spiro atoms. The number of fused-ring (bicyclic) bond motifs is 6. The maximum absolute atomic E-state index is 2.34. The summed E-state index contributed by atoms with van der Waals surface area (Å²) in [6.45, 7) is 0. The quantitative estimate of drug-likeness (QED) is 0.195. The first-order chi connectivity index (χ1) is 21.3. The van der Waals surface area contributed by atoms with Gasteiger partial charge in [-0.3, -0.25) is 0 Å². The van der Waals surface area contributed by atoms with Gasteiger partial charge in [-0.1, -0.05) is 146 Å². The van der Waals surface area contributed by atoms with Crippen molar-refractivity contribution >= 4 is 53.9 Å². The highest BCUT2D eigenvalue weighted by molar-refractivity contribution is 6.27. The van der Waals surface area contributed by atoms with Gasteiger partial charge in [0.05, 0.1) is 0 Å². The molecule has 0 N–H and O–H groups in total. The van der Waals surface area contributed by atoms with Gasteiger partial charge in [-0.2, -0.15) is 0 Å². The number of hydrogen-bond acceptors (Lipinski definition) is 0. The van der Waals surface area contributed by atoms with Crippen molar-refractivity contribution in [2.45, 2.75) is 0 Å². The lowest BCUT2D eigenvalue weighted by Crippen LogP contribution is -1.89. The van der Waals surface area contributed by atoms with Gasteiger partial charge in [0.2, 0.25) is 0 Å². The molecule has 197 valence electrons. The first-order valence-electron chi connectivity index (χ1n) is 15.0. The van der Waals surface area contributed by atoms with Crippen molar-refractivity contribution in [1.82, 2.24) is 0 Å². The second-order valence-corrected chi connectivity index (χ2v) is 11.8. The largest absolute Gasteiger partial charge is 0.0622 e. The summed E-state index contributed by atoms with van der Waals surface area (Å²) in [5.41, 5.74) is 10.4. The second-order valence-electron chi connectivity index (χ2n) is 11.8. The zero-order valence-electron chi connectivity index (χ0n) is 23.4. The van der Waals surface area contributed by atoms with Gasteiger partial charge >= 0.3 is 0 Å². The van der Waals surface area contributed by atoms with Crippen LogP contribution in [-0.4, -0.2) is 0 Å². The van der Waals surface area contributed by atoms with Gasteiger partial charge in [0.25, 0.3) is 0 Å². The number of benzene rings is 9. The van der Waals surface area contributed by atoms with Crippen molar-refractivity contribution in [1.29, 1.82) is 0 Å². The summed E-state index contributed by atoms with van der Waals surface area (Å²) >= 11 is 0. The van der Waals surface area contributed by atoms with Gasteiger partial charge in [0.1, 0.15) is 0 Å². The van der Waals surface area contributed by atoms with Crippen LogP contribution in [0.3, 0.4) is 0 Å². The molecule has 0 aromatic heterocycles. The van der Waals surface area contributed by atoms with Gasteiger partial charge in [-0.25, -0.2) is 0 Å². The number of hydrogen-bond donors (Lipinski definition) is 0. The van der Waals surface area contributed by atoms with Crippen LogP contribution in [-0.2, 0) is 0 Å². The van der Waals surface area contributed by atoms with E-state index in [-0.39, 0.29) is 0 Å². The van der Waals surface area contributed by atoms with Crippen LogP contribution < -0.4 is 0 Å². The van der Waals surface area contributed by atoms with Crippen LogP contribution >= 0.6 is 0 Å². The lowest BCUT2D eigenvalue weighted by Gasteiger charge is -2.17. The third-order valence-corrected chi connectivity index (χ3v) is 9.59. The van der Waals surface area contributed by atoms with E-state index in [9.17, 15) is 0 Å². The third kappa shape index (κ3) is 3.27. The highest BCUT2D eigenvalue weighted by Crippen LogP contribution is 2.48. The fourth-order valence-corrected chi connectivity index (χ4v) is 7.55. The molecular weight excluding hydrogens is 516 g/mol. The average Bonchev–Trinajstić information content (AvgIpc) is 3.89. The lowest BCUT2D eigenvalue weighted by atomic mass is 9.87. The SMILES string of the molecule is [CH]1c2c1c1c(-c3ccc(-c4ccc5ccc6c(-c7ccccc7)ccc7ccc4c5c76)cc3)cccc1c1ccccc21. The van der Waals surface area contributed by atoms with Crippen LogP contribution in [0.5, 0.6) is 0 Å². The van der Waals surface area contributed by atoms with E-state index in [1.165, 1.54) is 98.4 Å². The molecule has 0 saturated carbocycles. The summed E-state index contributed by atoms with van der Waals surface area (Å²) in [5, 5.41) is 13.3. The summed E-state index contributed by atoms with van der Waals surface area (Å²) in [5.74, 6) is 0. The summed E-state index contributed by atoms with van der Waals surface area (Å²) in [4.78, 5) is 0. The molecule has 0 aliphatic heterocycles. The Kier molecular flexibility index (Phi) is 4.59. The highest BCUT2D eigenvalue weighted by atomic mass is 14.3. The van der Waals surface area contributed by atoms with Crippen molar-refractivity contribution in [2.75, 3.05) is 0 Å². The van der Waals surface area contributed by atoms with Gasteiger partial charge in [0, 0.05) is 6.42 Å². The van der Waals surface area contributed by atoms with Crippen molar-refractivity contribution in [2.24, 2.45) is 0 Å². The van der Waals surface area contributed by atoms with Crippen LogP contribution in [0.15, 0.2) is 146 Å². The van der Waals surface area contributed by atoms with E-state index in [4.69, 9.17) is 0 Å². The zero-order valence-corrected chi connectivity index (χ0v) is 23.4. The molecule has 0 fully saturated rings. The van der Waals surface area contributed by atoms with E-state index in [1.54, 1.807) is 0 Å². The molecule has 0 saturated heterocycles. The first-order valence-corrected chi connectivity index (χ1v) is 15.0. The average molecular weight is 542 g/mol. The third-order valence-electron chi connectivity index (χ3n) is 9.59. The van der Waals surface area contributed by atoms with Crippen LogP contribution in [0, 0.1) is 6.42 Å². The molecule has 10 rings (SSSR count). The fraction of sp³-hybridized carbons (Fsp3) is 0. The van der Waals surface area contributed by atoms with Crippen LogP contribution in [0.2, 0.25) is 0 Å². The van der Waals surface area contributed by atoms with E-state index in [0.29, 0.717) is 0 Å². The Bertz CT molecular complexity index is 2550. The minimum absolute atomic E-state index is 1.25. The molecule has 0 heteroatoms. The normalized spacial score (nSPS) is 12.6. The molecule has 0 heterocycles. The number of rotatable bonds is 3. The molecule has 0 amide bonds. The summed E-state index contributed by atoms with van der Waals surface area (Å²) in [6.07, 6.45) is 2.34. The second kappa shape index (κ2) is 8.53. The standard InChI is InChI=1S/C43H25/c1-2-7-26(8-3-1)31-21-17-29-20-24-38-32(22-18-30-19-23-37(31)41(29)42(30)38)27-13-15-28(16-14-27)33-11-6-12-36-34-9-4-5-10-35(34)39-25-40(39)43(33)36/h1-25H. The molecule has 9 aromatic rings. The highest BCUT2D eigenvalue weighted by Gasteiger charge is 2.26. The van der Waals surface area contributed by atoms with Crippen molar-refractivity contribution in [3.8, 4) is 33.4 Å². The van der Waals surface area contributed by atoms with E-state index in [2.05, 4.69) is 152 Å². The topological polar surface area (TPSA) is 0 Å². The van der Waals surface area contributed by atoms with Crippen LogP contribution in [0.25, 0.3) is 87.2 Å². The lowest BCUT2D eigenvalue weighted by molar-refractivity contribution is 1.63. The monoisotopic (exact) mass is 541 g/mol. The molecule has 0 nitrogen and oxygen atoms in total. The molecule has 1 radical (unpaired) electrons. The van der Waals surface area contributed by atoms with E-state index >= 15 is 0 Å². The minimum Gasteiger partial charge on any atom is -0.0622 e. The Morgan fingerprint density at radius 2 is 0.791 bits per heavy atom. The van der Waals surface area contributed by atoms with Crippen molar-refractivity contribution in [3.63, 3.8) is 0 Å². The van der Waals surface area contributed by atoms with Gasteiger partial charge in [-0.15, -0.1) is 0 Å². The summed E-state index contributed by atoms with van der Waals surface area (Å²) < 4.78 is 0. The molecule has 1 aliphatic carbocycles. The van der Waals surface area contributed by atoms with Crippen molar-refractivity contribution in [3.05, 3.63) is 163 Å². The predicted molar refractivity (Wildman–Crippen MR) is 184 cm³/mol. The van der Waals surface area contributed by atoms with Gasteiger partial charge in [-0.05, 0) is 98.4 Å². The van der Waals surface area contributed by atoms with E-state index < -0.39 is 0 Å². The van der Waals surface area contributed by atoms with Crippen molar-refractivity contribution < 1.29 is 0 Å². The van der Waals surface area contributed by atoms with Crippen LogP contribution in [0.4, 0.5) is 0 Å². The molecule has 0 bridgehead atoms. The maximum Gasteiger partial charge on any atom is 0.0218 e. The molecule has 0 atom stereocenters. The Hall–Kier alpha value is -5.46. The fourth-order valence-electron chi connectivity index (χ4n) is 7.55. The Morgan fingerprint density at radius 3 is 1.47 bits per heavy atom. The van der Waals surface area contributed by atoms with Gasteiger partial charge in [0.15, 0.2) is 0 Å². The first kappa shape index (κ1) is 23.1. The Morgan fingerprint density at radius 1 is 0.256 bits per heavy atom. The Balaban J connectivity index is 1.14. The van der Waals surface area contributed by atoms with E-state index in [0.717, 1.165) is 0 Å². The predicted octanol–water partition coefficient (Wildman–Crippen LogP) is 11.8. The van der Waals surface area contributed by atoms with Crippen LogP contribution in [0.1, 0.15) is 11.1 Å².